The standard InChI is InChI=1S/C23H38N4O.HI/c1-2-24-23(25-15-6-16-27-17-13-22(28)14-18-27)26-21-11-9-20(10-12-21)19-7-4-3-5-8-19;/h3-5,7-8,20-22,28H,2,6,9-18H2,1H3,(H2,24,25,26);1H. The van der Waals surface area contributed by atoms with Gasteiger partial charge < -0.3 is 20.6 Å². The average molecular weight is 514 g/mol. The van der Waals surface area contributed by atoms with Gasteiger partial charge in [0.15, 0.2) is 5.96 Å². The highest BCUT2D eigenvalue weighted by Crippen LogP contribution is 2.32. The topological polar surface area (TPSA) is 59.9 Å². The van der Waals surface area contributed by atoms with E-state index in [9.17, 15) is 5.11 Å². The minimum absolute atomic E-state index is 0. The molecule has 2 aliphatic rings. The molecule has 0 atom stereocenters. The summed E-state index contributed by atoms with van der Waals surface area (Å²) in [5.74, 6) is 1.68. The third-order valence-electron chi connectivity index (χ3n) is 6.14. The van der Waals surface area contributed by atoms with Gasteiger partial charge in [0.1, 0.15) is 0 Å². The van der Waals surface area contributed by atoms with Crippen LogP contribution in [0, 0.1) is 0 Å². The van der Waals surface area contributed by atoms with Crippen LogP contribution in [-0.2, 0) is 0 Å². The molecule has 6 heteroatoms. The Morgan fingerprint density at radius 1 is 1.07 bits per heavy atom. The number of nitrogens with one attached hydrogen (secondary N) is 2. The summed E-state index contributed by atoms with van der Waals surface area (Å²) in [7, 11) is 0. The largest absolute Gasteiger partial charge is 0.393 e. The first kappa shape index (κ1) is 24.4. The first-order valence-electron chi connectivity index (χ1n) is 11.2. The highest BCUT2D eigenvalue weighted by atomic mass is 127. The van der Waals surface area contributed by atoms with Crippen LogP contribution in [0.25, 0.3) is 0 Å². The minimum atomic E-state index is -0.0872. The molecule has 1 aliphatic heterocycles. The Hall–Kier alpha value is -0.860. The van der Waals surface area contributed by atoms with Gasteiger partial charge in [-0.1, -0.05) is 30.3 Å². The van der Waals surface area contributed by atoms with Crippen molar-refractivity contribution in [2.75, 3.05) is 32.7 Å². The Balaban J connectivity index is 0.00000300. The van der Waals surface area contributed by atoms with E-state index in [0.29, 0.717) is 12.0 Å². The Morgan fingerprint density at radius 2 is 1.76 bits per heavy atom. The number of aliphatic imine (C=N–C) groups is 1. The highest BCUT2D eigenvalue weighted by Gasteiger charge is 2.22. The van der Waals surface area contributed by atoms with Gasteiger partial charge in [0.05, 0.1) is 6.10 Å². The van der Waals surface area contributed by atoms with Crippen molar-refractivity contribution in [1.29, 1.82) is 0 Å². The molecule has 0 unspecified atom stereocenters. The molecule has 3 N–H and O–H groups in total. The second kappa shape index (κ2) is 13.4. The zero-order chi connectivity index (χ0) is 19.6. The third-order valence-corrected chi connectivity index (χ3v) is 6.14. The number of nitrogens with zero attached hydrogens (tertiary/aromatic N) is 2. The molecule has 1 saturated heterocycles. The Kier molecular flexibility index (Phi) is 11.3. The molecule has 0 radical (unpaired) electrons. The first-order valence-corrected chi connectivity index (χ1v) is 11.2. The number of halogens is 1. The van der Waals surface area contributed by atoms with E-state index in [4.69, 9.17) is 4.99 Å². The monoisotopic (exact) mass is 514 g/mol. The molecule has 0 aromatic heterocycles. The maximum atomic E-state index is 9.60. The lowest BCUT2D eigenvalue weighted by Gasteiger charge is -2.30. The van der Waals surface area contributed by atoms with Gasteiger partial charge in [-0.3, -0.25) is 4.99 Å². The fraction of sp³-hybridized carbons (Fsp3) is 0.696. The number of hydrogen-bond acceptors (Lipinski definition) is 3. The fourth-order valence-corrected chi connectivity index (χ4v) is 4.44. The molecule has 29 heavy (non-hydrogen) atoms. The van der Waals surface area contributed by atoms with Crippen molar-refractivity contribution in [3.05, 3.63) is 35.9 Å². The molecule has 2 fully saturated rings. The summed E-state index contributed by atoms with van der Waals surface area (Å²) in [6.45, 7) is 7.00. The van der Waals surface area contributed by atoms with E-state index in [2.05, 4.69) is 52.8 Å². The second-order valence-corrected chi connectivity index (χ2v) is 8.29. The van der Waals surface area contributed by atoms with Crippen LogP contribution in [0.1, 0.15) is 63.4 Å². The van der Waals surface area contributed by atoms with Crippen molar-refractivity contribution in [1.82, 2.24) is 15.5 Å². The summed E-state index contributed by atoms with van der Waals surface area (Å²) in [6.07, 6.45) is 7.74. The molecule has 5 nitrogen and oxygen atoms in total. The number of likely N-dealkylation sites (tertiary alicyclic amines) is 1. The number of rotatable bonds is 7. The minimum Gasteiger partial charge on any atom is -0.393 e. The van der Waals surface area contributed by atoms with E-state index in [0.717, 1.165) is 57.9 Å². The van der Waals surface area contributed by atoms with Gasteiger partial charge in [-0.05, 0) is 69.9 Å². The Bertz CT molecular complexity index is 582. The van der Waals surface area contributed by atoms with Crippen molar-refractivity contribution in [2.24, 2.45) is 4.99 Å². The number of guanidine groups is 1. The zero-order valence-corrected chi connectivity index (χ0v) is 20.2. The summed E-state index contributed by atoms with van der Waals surface area (Å²) >= 11 is 0. The SMILES string of the molecule is CCNC(=NCCCN1CCC(O)CC1)NC1CCC(c2ccccc2)CC1.I. The molecule has 0 amide bonds. The van der Waals surface area contributed by atoms with Crippen LogP contribution in [-0.4, -0.2) is 60.8 Å². The molecular weight excluding hydrogens is 475 g/mol. The molecule has 0 spiro atoms. The molecule has 1 aromatic rings. The van der Waals surface area contributed by atoms with Crippen LogP contribution in [0.5, 0.6) is 0 Å². The number of hydrogen-bond donors (Lipinski definition) is 3. The van der Waals surface area contributed by atoms with E-state index >= 15 is 0 Å². The number of benzene rings is 1. The first-order chi connectivity index (χ1) is 13.7. The van der Waals surface area contributed by atoms with Crippen molar-refractivity contribution in [2.45, 2.75) is 69.9 Å². The van der Waals surface area contributed by atoms with Crippen molar-refractivity contribution in [3.63, 3.8) is 0 Å². The van der Waals surface area contributed by atoms with Gasteiger partial charge >= 0.3 is 0 Å². The van der Waals surface area contributed by atoms with Gasteiger partial charge in [-0.25, -0.2) is 0 Å². The molecule has 1 aliphatic carbocycles. The van der Waals surface area contributed by atoms with Gasteiger partial charge in [0, 0.05) is 32.2 Å². The predicted octanol–water partition coefficient (Wildman–Crippen LogP) is 3.73. The quantitative estimate of drug-likeness (QED) is 0.225. The van der Waals surface area contributed by atoms with E-state index in [1.54, 1.807) is 0 Å². The lowest BCUT2D eigenvalue weighted by atomic mass is 9.82. The summed E-state index contributed by atoms with van der Waals surface area (Å²) in [4.78, 5) is 7.25. The van der Waals surface area contributed by atoms with Crippen molar-refractivity contribution < 1.29 is 5.11 Å². The molecule has 3 rings (SSSR count). The van der Waals surface area contributed by atoms with Gasteiger partial charge in [0.2, 0.25) is 0 Å². The summed E-state index contributed by atoms with van der Waals surface area (Å²) in [6, 6.07) is 11.5. The molecule has 1 aromatic carbocycles. The van der Waals surface area contributed by atoms with E-state index < -0.39 is 0 Å². The predicted molar refractivity (Wildman–Crippen MR) is 132 cm³/mol. The maximum Gasteiger partial charge on any atom is 0.191 e. The van der Waals surface area contributed by atoms with Crippen LogP contribution in [0.2, 0.25) is 0 Å². The van der Waals surface area contributed by atoms with Crippen LogP contribution in [0.4, 0.5) is 0 Å². The van der Waals surface area contributed by atoms with Gasteiger partial charge in [-0.2, -0.15) is 0 Å². The average Bonchev–Trinajstić information content (AvgIpc) is 2.74. The molecular formula is C23H39IN4O. The highest BCUT2D eigenvalue weighted by molar-refractivity contribution is 14.0. The van der Waals surface area contributed by atoms with Crippen LogP contribution >= 0.6 is 24.0 Å². The fourth-order valence-electron chi connectivity index (χ4n) is 4.44. The zero-order valence-electron chi connectivity index (χ0n) is 17.9. The maximum absolute atomic E-state index is 9.60. The number of aliphatic hydroxyl groups excluding tert-OH is 1. The normalized spacial score (nSPS) is 24.0. The lowest BCUT2D eigenvalue weighted by molar-refractivity contribution is 0.0824. The smallest absolute Gasteiger partial charge is 0.191 e. The van der Waals surface area contributed by atoms with Crippen LogP contribution in [0.15, 0.2) is 35.3 Å². The number of piperidine rings is 1. The number of aliphatic hydroxyl groups is 1. The third kappa shape index (κ3) is 8.42. The summed E-state index contributed by atoms with van der Waals surface area (Å²) in [5.41, 5.74) is 1.49. The molecule has 1 saturated carbocycles. The van der Waals surface area contributed by atoms with Crippen molar-refractivity contribution >= 4 is 29.9 Å². The molecule has 0 bridgehead atoms. The molecule has 1 heterocycles. The Morgan fingerprint density at radius 3 is 2.41 bits per heavy atom. The van der Waals surface area contributed by atoms with E-state index in [-0.39, 0.29) is 30.1 Å². The van der Waals surface area contributed by atoms with Crippen LogP contribution < -0.4 is 10.6 Å². The summed E-state index contributed by atoms with van der Waals surface area (Å²) < 4.78 is 0. The van der Waals surface area contributed by atoms with E-state index in [1.165, 1.54) is 31.2 Å². The van der Waals surface area contributed by atoms with Crippen molar-refractivity contribution in [3.8, 4) is 0 Å². The van der Waals surface area contributed by atoms with Crippen LogP contribution in [0.3, 0.4) is 0 Å². The summed E-state index contributed by atoms with van der Waals surface area (Å²) in [5, 5.41) is 16.7. The Labute approximate surface area is 193 Å². The van der Waals surface area contributed by atoms with Gasteiger partial charge in [-0.15, -0.1) is 24.0 Å². The van der Waals surface area contributed by atoms with E-state index in [1.807, 2.05) is 0 Å². The lowest BCUT2D eigenvalue weighted by Crippen LogP contribution is -2.44. The second-order valence-electron chi connectivity index (χ2n) is 8.29. The molecule has 164 valence electrons. The van der Waals surface area contributed by atoms with Gasteiger partial charge in [0.25, 0.3) is 0 Å².